The average molecular weight is 544 g/mol. The maximum absolute atomic E-state index is 14.0. The number of ketones is 1. The van der Waals surface area contributed by atoms with Crippen molar-refractivity contribution in [3.8, 4) is 0 Å². The number of nitrogens with zero attached hydrogens (tertiary/aromatic N) is 2. The minimum Gasteiger partial charge on any atom is -0.357 e. The van der Waals surface area contributed by atoms with Crippen LogP contribution < -0.4 is 10.2 Å². The molecule has 5 rings (SSSR count). The molecule has 1 aliphatic carbocycles. The Hall–Kier alpha value is -3.97. The summed E-state index contributed by atoms with van der Waals surface area (Å²) in [5.41, 5.74) is 4.07. The van der Waals surface area contributed by atoms with Crippen LogP contribution in [0.1, 0.15) is 68.5 Å². The van der Waals surface area contributed by atoms with Gasteiger partial charge in [0, 0.05) is 41.3 Å². The number of carbonyl (C=O) groups excluding carboxylic acids is 2. The van der Waals surface area contributed by atoms with Crippen molar-refractivity contribution in [3.05, 3.63) is 110 Å². The minimum absolute atomic E-state index is 0.0641. The van der Waals surface area contributed by atoms with E-state index in [1.807, 2.05) is 48.5 Å². The standard InChI is InChI=1S/C31H30ClN3O4/c1-2-3-4-12-29(37)34-27-11-6-5-10-25(27)33-26-18-22(20-13-15-23(32)16-14-20)19-28(36)30(26)31(34)21-8-7-9-24(17-21)35(38)39/h5-11,13-17,22,31,33H,2-4,12,18-19H2,1H3/t22-,31+/m0/s1. The third kappa shape index (κ3) is 5.45. The summed E-state index contributed by atoms with van der Waals surface area (Å²) in [4.78, 5) is 40.8. The van der Waals surface area contributed by atoms with Crippen molar-refractivity contribution >= 4 is 40.4 Å². The van der Waals surface area contributed by atoms with Crippen molar-refractivity contribution in [1.82, 2.24) is 0 Å². The van der Waals surface area contributed by atoms with Crippen molar-refractivity contribution in [3.63, 3.8) is 0 Å². The molecule has 0 spiro atoms. The average Bonchev–Trinajstić information content (AvgIpc) is 3.08. The van der Waals surface area contributed by atoms with Crippen LogP contribution in [0.5, 0.6) is 0 Å². The van der Waals surface area contributed by atoms with Gasteiger partial charge in [-0.15, -0.1) is 0 Å². The van der Waals surface area contributed by atoms with Crippen LogP contribution in [-0.2, 0) is 9.59 Å². The number of hydrogen-bond acceptors (Lipinski definition) is 5. The number of allylic oxidation sites excluding steroid dienone is 1. The summed E-state index contributed by atoms with van der Waals surface area (Å²) in [7, 11) is 0. The molecule has 1 aliphatic heterocycles. The summed E-state index contributed by atoms with van der Waals surface area (Å²) in [5, 5.41) is 15.8. The highest BCUT2D eigenvalue weighted by molar-refractivity contribution is 6.30. The molecule has 7 nitrogen and oxygen atoms in total. The molecule has 0 aromatic heterocycles. The van der Waals surface area contributed by atoms with Crippen molar-refractivity contribution in [2.75, 3.05) is 10.2 Å². The predicted molar refractivity (Wildman–Crippen MR) is 153 cm³/mol. The highest BCUT2D eigenvalue weighted by Crippen LogP contribution is 2.48. The molecule has 0 radical (unpaired) electrons. The van der Waals surface area contributed by atoms with E-state index in [-0.39, 0.29) is 29.7 Å². The Morgan fingerprint density at radius 1 is 1.03 bits per heavy atom. The van der Waals surface area contributed by atoms with Gasteiger partial charge in [0.15, 0.2) is 5.78 Å². The number of benzene rings is 3. The smallest absolute Gasteiger partial charge is 0.269 e. The van der Waals surface area contributed by atoms with Crippen LogP contribution >= 0.6 is 11.6 Å². The van der Waals surface area contributed by atoms with Gasteiger partial charge in [0.05, 0.1) is 22.3 Å². The number of nitro groups is 1. The third-order valence-corrected chi connectivity index (χ3v) is 7.74. The molecule has 0 fully saturated rings. The van der Waals surface area contributed by atoms with E-state index in [2.05, 4.69) is 12.2 Å². The lowest BCUT2D eigenvalue weighted by molar-refractivity contribution is -0.384. The van der Waals surface area contributed by atoms with Gasteiger partial charge in [0.2, 0.25) is 5.91 Å². The number of para-hydroxylation sites is 2. The second-order valence-corrected chi connectivity index (χ2v) is 10.5. The molecule has 2 atom stereocenters. The van der Waals surface area contributed by atoms with E-state index in [0.29, 0.717) is 34.7 Å². The van der Waals surface area contributed by atoms with Crippen molar-refractivity contribution in [2.24, 2.45) is 0 Å². The predicted octanol–water partition coefficient (Wildman–Crippen LogP) is 7.73. The van der Waals surface area contributed by atoms with Crippen LogP contribution in [0.2, 0.25) is 5.02 Å². The summed E-state index contributed by atoms with van der Waals surface area (Å²) in [5.74, 6) is -0.263. The molecule has 1 N–H and O–H groups in total. The Morgan fingerprint density at radius 3 is 2.54 bits per heavy atom. The summed E-state index contributed by atoms with van der Waals surface area (Å²) in [6.07, 6.45) is 3.75. The fourth-order valence-electron chi connectivity index (χ4n) is 5.61. The van der Waals surface area contributed by atoms with Gasteiger partial charge in [-0.2, -0.15) is 0 Å². The molecule has 0 bridgehead atoms. The maximum atomic E-state index is 14.0. The molecular weight excluding hydrogens is 514 g/mol. The second-order valence-electron chi connectivity index (χ2n) is 10.1. The quantitative estimate of drug-likeness (QED) is 0.187. The number of anilines is 2. The molecule has 39 heavy (non-hydrogen) atoms. The normalized spacial score (nSPS) is 18.6. The molecular formula is C31H30ClN3O4. The van der Waals surface area contributed by atoms with Gasteiger partial charge in [0.1, 0.15) is 0 Å². The van der Waals surface area contributed by atoms with Crippen LogP contribution in [0.25, 0.3) is 0 Å². The summed E-state index contributed by atoms with van der Waals surface area (Å²) in [6, 6.07) is 20.5. The van der Waals surface area contributed by atoms with E-state index in [1.54, 1.807) is 17.0 Å². The van der Waals surface area contributed by atoms with Crippen LogP contribution in [0.4, 0.5) is 17.1 Å². The molecule has 2 aliphatic rings. The Morgan fingerprint density at radius 2 is 1.79 bits per heavy atom. The first-order valence-corrected chi connectivity index (χ1v) is 13.7. The number of hydrogen-bond donors (Lipinski definition) is 1. The Balaban J connectivity index is 1.68. The van der Waals surface area contributed by atoms with Gasteiger partial charge >= 0.3 is 0 Å². The van der Waals surface area contributed by atoms with Crippen LogP contribution in [-0.4, -0.2) is 16.6 Å². The maximum Gasteiger partial charge on any atom is 0.269 e. The second kappa shape index (κ2) is 11.4. The van der Waals surface area contributed by atoms with E-state index >= 15 is 0 Å². The zero-order valence-electron chi connectivity index (χ0n) is 21.7. The molecule has 1 amide bonds. The van der Waals surface area contributed by atoms with Gasteiger partial charge in [-0.3, -0.25) is 24.6 Å². The first-order valence-electron chi connectivity index (χ1n) is 13.3. The highest BCUT2D eigenvalue weighted by Gasteiger charge is 2.41. The molecule has 3 aromatic carbocycles. The number of non-ortho nitro benzene ring substituents is 1. The zero-order chi connectivity index (χ0) is 27.5. The fraction of sp³-hybridized carbons (Fsp3) is 0.290. The largest absolute Gasteiger partial charge is 0.357 e. The number of fused-ring (bicyclic) bond motifs is 1. The number of amides is 1. The molecule has 0 saturated carbocycles. The van der Waals surface area contributed by atoms with Crippen LogP contribution in [0.15, 0.2) is 84.1 Å². The molecule has 3 aromatic rings. The lowest BCUT2D eigenvalue weighted by Crippen LogP contribution is -2.38. The Kier molecular flexibility index (Phi) is 7.79. The topological polar surface area (TPSA) is 92.6 Å². The van der Waals surface area contributed by atoms with Gasteiger partial charge in [-0.25, -0.2) is 0 Å². The molecule has 200 valence electrons. The van der Waals surface area contributed by atoms with Gasteiger partial charge in [-0.1, -0.05) is 67.8 Å². The number of unbranched alkanes of at least 4 members (excludes halogenated alkanes) is 2. The first-order chi connectivity index (χ1) is 18.9. The molecule has 8 heteroatoms. The van der Waals surface area contributed by atoms with Crippen LogP contribution in [0, 0.1) is 10.1 Å². The van der Waals surface area contributed by atoms with Crippen molar-refractivity contribution < 1.29 is 14.5 Å². The number of Topliss-reactive ketones (excluding diaryl/α,β-unsaturated/α-hetero) is 1. The van der Waals surface area contributed by atoms with Crippen molar-refractivity contribution in [1.29, 1.82) is 0 Å². The molecule has 1 heterocycles. The SMILES string of the molecule is CCCCCC(=O)N1c2ccccc2NC2=C(C(=O)C[C@@H](c3ccc(Cl)cc3)C2)[C@H]1c1cccc([N+](=O)[O-])c1. The first kappa shape index (κ1) is 26.6. The number of carbonyl (C=O) groups is 2. The Bertz CT molecular complexity index is 1450. The number of nitrogens with one attached hydrogen (secondary N) is 1. The fourth-order valence-corrected chi connectivity index (χ4v) is 5.73. The van der Waals surface area contributed by atoms with Crippen LogP contribution in [0.3, 0.4) is 0 Å². The number of halogens is 1. The van der Waals surface area contributed by atoms with E-state index in [4.69, 9.17) is 11.6 Å². The Labute approximate surface area is 232 Å². The number of rotatable bonds is 7. The minimum atomic E-state index is -0.788. The van der Waals surface area contributed by atoms with Crippen molar-refractivity contribution in [2.45, 2.75) is 57.4 Å². The lowest BCUT2D eigenvalue weighted by atomic mass is 9.78. The van der Waals surface area contributed by atoms with E-state index < -0.39 is 11.0 Å². The van der Waals surface area contributed by atoms with Gasteiger partial charge in [0.25, 0.3) is 5.69 Å². The van der Waals surface area contributed by atoms with E-state index in [0.717, 1.165) is 36.2 Å². The monoisotopic (exact) mass is 543 g/mol. The summed E-state index contributed by atoms with van der Waals surface area (Å²) < 4.78 is 0. The highest BCUT2D eigenvalue weighted by atomic mass is 35.5. The summed E-state index contributed by atoms with van der Waals surface area (Å²) in [6.45, 7) is 2.08. The lowest BCUT2D eigenvalue weighted by Gasteiger charge is -2.35. The molecule has 0 saturated heterocycles. The van der Waals surface area contributed by atoms with Gasteiger partial charge in [-0.05, 0) is 54.2 Å². The summed E-state index contributed by atoms with van der Waals surface area (Å²) >= 11 is 6.11. The van der Waals surface area contributed by atoms with E-state index in [1.165, 1.54) is 12.1 Å². The zero-order valence-corrected chi connectivity index (χ0v) is 22.5. The molecule has 0 unspecified atom stereocenters. The third-order valence-electron chi connectivity index (χ3n) is 7.49. The van der Waals surface area contributed by atoms with Gasteiger partial charge < -0.3 is 5.32 Å². The number of nitro benzene ring substituents is 1. The van der Waals surface area contributed by atoms with E-state index in [9.17, 15) is 19.7 Å².